The van der Waals surface area contributed by atoms with E-state index in [1.54, 1.807) is 30.3 Å². The van der Waals surface area contributed by atoms with Crippen LogP contribution in [0, 0.1) is 5.41 Å². The summed E-state index contributed by atoms with van der Waals surface area (Å²) in [6.45, 7) is 6.15. The Morgan fingerprint density at radius 3 is 2.28 bits per heavy atom. The van der Waals surface area contributed by atoms with E-state index in [9.17, 15) is 19.8 Å². The van der Waals surface area contributed by atoms with Crippen LogP contribution in [-0.4, -0.2) is 22.0 Å². The van der Waals surface area contributed by atoms with Gasteiger partial charge in [0.15, 0.2) is 5.78 Å². The molecule has 6 heteroatoms. The number of aromatic carboxylic acids is 1. The highest BCUT2D eigenvalue weighted by Crippen LogP contribution is 2.38. The number of phenols is 1. The summed E-state index contributed by atoms with van der Waals surface area (Å²) in [6.07, 6.45) is 0.322. The second kappa shape index (κ2) is 9.57. The summed E-state index contributed by atoms with van der Waals surface area (Å²) in [5.41, 5.74) is 2.86. The first-order valence-corrected chi connectivity index (χ1v) is 10.9. The predicted molar refractivity (Wildman–Crippen MR) is 127 cm³/mol. The molecule has 0 bridgehead atoms. The summed E-state index contributed by atoms with van der Waals surface area (Å²) < 4.78 is 6.22. The molecular weight excluding hydrogens is 472 g/mol. The summed E-state index contributed by atoms with van der Waals surface area (Å²) in [4.78, 5) is 23.7. The number of hydrogen-bond donors (Lipinski definition) is 2. The maximum Gasteiger partial charge on any atom is 0.335 e. The van der Waals surface area contributed by atoms with Gasteiger partial charge >= 0.3 is 5.97 Å². The lowest BCUT2D eigenvalue weighted by Crippen LogP contribution is -2.13. The Morgan fingerprint density at radius 1 is 0.969 bits per heavy atom. The van der Waals surface area contributed by atoms with Crippen LogP contribution in [0.15, 0.2) is 65.1 Å². The molecule has 0 aliphatic carbocycles. The fourth-order valence-electron chi connectivity index (χ4n) is 3.29. The molecule has 3 aromatic carbocycles. The van der Waals surface area contributed by atoms with Gasteiger partial charge in [-0.25, -0.2) is 4.79 Å². The monoisotopic (exact) mass is 496 g/mol. The smallest absolute Gasteiger partial charge is 0.335 e. The van der Waals surface area contributed by atoms with Crippen LogP contribution in [0.1, 0.15) is 53.5 Å². The highest BCUT2D eigenvalue weighted by Gasteiger charge is 2.22. The second-order valence-corrected chi connectivity index (χ2v) is 9.60. The number of carbonyl (C=O) groups is 2. The minimum Gasteiger partial charge on any atom is -0.506 e. The van der Waals surface area contributed by atoms with Gasteiger partial charge in [-0.3, -0.25) is 4.79 Å². The Labute approximate surface area is 195 Å². The molecule has 2 N–H and O–H groups in total. The zero-order valence-electron chi connectivity index (χ0n) is 18.2. The first kappa shape index (κ1) is 23.5. The maximum atomic E-state index is 12.5. The number of aromatic hydroxyl groups is 1. The molecule has 0 fully saturated rings. The van der Waals surface area contributed by atoms with Crippen LogP contribution in [0.4, 0.5) is 0 Å². The quantitative estimate of drug-likeness (QED) is 0.354. The molecule has 0 saturated heterocycles. The van der Waals surface area contributed by atoms with Gasteiger partial charge in [-0.15, -0.1) is 0 Å². The Kier molecular flexibility index (Phi) is 7.04. The van der Waals surface area contributed by atoms with Crippen LogP contribution < -0.4 is 4.74 Å². The maximum absolute atomic E-state index is 12.5. The molecule has 0 amide bonds. The third-order valence-electron chi connectivity index (χ3n) is 4.84. The molecule has 0 aromatic heterocycles. The average molecular weight is 497 g/mol. The number of rotatable bonds is 7. The first-order valence-electron chi connectivity index (χ1n) is 10.2. The minimum absolute atomic E-state index is 0.126. The van der Waals surface area contributed by atoms with E-state index in [0.29, 0.717) is 16.6 Å². The lowest BCUT2D eigenvalue weighted by atomic mass is 9.87. The number of phenolic OH excluding ortho intramolecular Hbond substituents is 1. The molecule has 5 nitrogen and oxygen atoms in total. The number of carboxylic acids is 1. The summed E-state index contributed by atoms with van der Waals surface area (Å²) in [6, 6.07) is 17.6. The molecule has 0 spiro atoms. The largest absolute Gasteiger partial charge is 0.506 e. The van der Waals surface area contributed by atoms with Crippen molar-refractivity contribution in [1.29, 1.82) is 0 Å². The SMILES string of the molecule is CC(C)(C)CC(=O)c1ccc(OCc2cccc(-c3cccc(C(=O)O)c3)c2)c(Br)c1O. The number of halogens is 1. The van der Waals surface area contributed by atoms with Crippen molar-refractivity contribution < 1.29 is 24.5 Å². The standard InChI is InChI=1S/C26H25BrO5/c1-26(2,3)14-21(28)20-10-11-22(23(27)24(20)29)32-15-16-6-4-7-17(12-16)18-8-5-9-19(13-18)25(30)31/h4-13,29H,14-15H2,1-3H3,(H,30,31). The molecule has 0 heterocycles. The lowest BCUT2D eigenvalue weighted by molar-refractivity contribution is 0.0696. The minimum atomic E-state index is -0.972. The molecule has 0 aliphatic heterocycles. The number of benzene rings is 3. The topological polar surface area (TPSA) is 83.8 Å². The molecule has 3 aromatic rings. The van der Waals surface area contributed by atoms with E-state index < -0.39 is 5.97 Å². The highest BCUT2D eigenvalue weighted by atomic mass is 79.9. The molecule has 3 rings (SSSR count). The summed E-state index contributed by atoms with van der Waals surface area (Å²) in [5, 5.41) is 19.7. The van der Waals surface area contributed by atoms with Crippen LogP contribution in [0.3, 0.4) is 0 Å². The van der Waals surface area contributed by atoms with E-state index in [1.165, 1.54) is 0 Å². The fourth-order valence-corrected chi connectivity index (χ4v) is 3.75. The number of Topliss-reactive ketones (excluding diaryl/α,β-unsaturated/α-hetero) is 1. The fraction of sp³-hybridized carbons (Fsp3) is 0.231. The van der Waals surface area contributed by atoms with Crippen molar-refractivity contribution in [2.75, 3.05) is 0 Å². The predicted octanol–water partition coefficient (Wildman–Crippen LogP) is 6.72. The molecule has 166 valence electrons. The van der Waals surface area contributed by atoms with E-state index >= 15 is 0 Å². The van der Waals surface area contributed by atoms with Crippen molar-refractivity contribution in [3.8, 4) is 22.6 Å². The summed E-state index contributed by atoms with van der Waals surface area (Å²) in [5.74, 6) is -0.803. The number of carboxylic acid groups (broad SMARTS) is 1. The van der Waals surface area contributed by atoms with Gasteiger partial charge in [-0.1, -0.05) is 51.1 Å². The number of carbonyl (C=O) groups excluding carboxylic acids is 1. The molecule has 0 saturated carbocycles. The van der Waals surface area contributed by atoms with Crippen LogP contribution in [-0.2, 0) is 6.61 Å². The zero-order chi connectivity index (χ0) is 23.5. The van der Waals surface area contributed by atoms with Crippen molar-refractivity contribution >= 4 is 27.7 Å². The Morgan fingerprint density at radius 2 is 1.62 bits per heavy atom. The van der Waals surface area contributed by atoms with Crippen molar-refractivity contribution in [2.45, 2.75) is 33.8 Å². The van der Waals surface area contributed by atoms with Gasteiger partial charge < -0.3 is 14.9 Å². The van der Waals surface area contributed by atoms with E-state index in [1.807, 2.05) is 51.1 Å². The molecule has 0 unspecified atom stereocenters. The van der Waals surface area contributed by atoms with E-state index in [0.717, 1.165) is 16.7 Å². The van der Waals surface area contributed by atoms with Gasteiger partial charge in [0.25, 0.3) is 0 Å². The van der Waals surface area contributed by atoms with Crippen molar-refractivity contribution in [2.24, 2.45) is 5.41 Å². The second-order valence-electron chi connectivity index (χ2n) is 8.81. The number of ether oxygens (including phenoxy) is 1. The molecule has 0 radical (unpaired) electrons. The van der Waals surface area contributed by atoms with Gasteiger partial charge in [0.1, 0.15) is 22.6 Å². The Hall–Kier alpha value is -3.12. The van der Waals surface area contributed by atoms with E-state index in [2.05, 4.69) is 15.9 Å². The van der Waals surface area contributed by atoms with Crippen LogP contribution in [0.5, 0.6) is 11.5 Å². The van der Waals surface area contributed by atoms with E-state index in [4.69, 9.17) is 4.74 Å². The van der Waals surface area contributed by atoms with Gasteiger partial charge in [0, 0.05) is 6.42 Å². The Balaban J connectivity index is 1.77. The molecule has 32 heavy (non-hydrogen) atoms. The van der Waals surface area contributed by atoms with Crippen LogP contribution in [0.2, 0.25) is 0 Å². The van der Waals surface area contributed by atoms with Gasteiger partial charge in [0.05, 0.1) is 11.1 Å². The third kappa shape index (κ3) is 5.77. The van der Waals surface area contributed by atoms with E-state index in [-0.39, 0.29) is 34.7 Å². The van der Waals surface area contributed by atoms with Crippen molar-refractivity contribution in [3.63, 3.8) is 0 Å². The van der Waals surface area contributed by atoms with Crippen molar-refractivity contribution in [1.82, 2.24) is 0 Å². The number of ketones is 1. The van der Waals surface area contributed by atoms with Gasteiger partial charge in [-0.05, 0) is 68.4 Å². The molecule has 0 aliphatic rings. The molecular formula is C26H25BrO5. The van der Waals surface area contributed by atoms with Crippen LogP contribution >= 0.6 is 15.9 Å². The van der Waals surface area contributed by atoms with Gasteiger partial charge in [0.2, 0.25) is 0 Å². The normalized spacial score (nSPS) is 11.2. The zero-order valence-corrected chi connectivity index (χ0v) is 19.8. The highest BCUT2D eigenvalue weighted by molar-refractivity contribution is 9.10. The van der Waals surface area contributed by atoms with Crippen LogP contribution in [0.25, 0.3) is 11.1 Å². The average Bonchev–Trinajstić information content (AvgIpc) is 2.73. The first-order chi connectivity index (χ1) is 15.0. The molecule has 0 atom stereocenters. The third-order valence-corrected chi connectivity index (χ3v) is 5.60. The summed E-state index contributed by atoms with van der Waals surface area (Å²) in [7, 11) is 0. The van der Waals surface area contributed by atoms with Crippen molar-refractivity contribution in [3.05, 3.63) is 81.8 Å². The lowest BCUT2D eigenvalue weighted by Gasteiger charge is -2.18. The Bertz CT molecular complexity index is 1160. The summed E-state index contributed by atoms with van der Waals surface area (Å²) >= 11 is 3.34. The van der Waals surface area contributed by atoms with Gasteiger partial charge in [-0.2, -0.15) is 0 Å². The number of hydrogen-bond acceptors (Lipinski definition) is 4.